The Labute approximate surface area is 170 Å². The molecule has 0 bridgehead atoms. The molecule has 6 atom stereocenters. The number of nitrogens with two attached hydrogens (primary N) is 1. The molecule has 4 nitrogen and oxygen atoms in total. The van der Waals surface area contributed by atoms with Gasteiger partial charge in [0, 0.05) is 17.9 Å². The predicted molar refractivity (Wildman–Crippen MR) is 111 cm³/mol. The largest absolute Gasteiger partial charge is 0.396 e. The number of ketones is 1. The van der Waals surface area contributed by atoms with Crippen LogP contribution in [-0.4, -0.2) is 17.2 Å². The van der Waals surface area contributed by atoms with E-state index in [4.69, 9.17) is 5.73 Å². The standard InChI is InChI=1S/C24H38N2O2/c1-22(2,3)26-21(28)18-9-8-15-14-6-7-17-20(25)19(27)11-13-23(17,4)16(14)10-12-24(15,18)5/h14-16,18H,6-13,25H2,1-5H3,(H,26,28)/t14-,15-,16-,18+,23+,24-/m0/s1. The van der Waals surface area contributed by atoms with Gasteiger partial charge in [0.15, 0.2) is 5.78 Å². The molecule has 0 spiro atoms. The smallest absolute Gasteiger partial charge is 0.224 e. The van der Waals surface area contributed by atoms with Crippen LogP contribution in [0.1, 0.15) is 86.0 Å². The lowest BCUT2D eigenvalue weighted by Gasteiger charge is -2.58. The number of amides is 1. The Morgan fingerprint density at radius 3 is 2.43 bits per heavy atom. The van der Waals surface area contributed by atoms with Gasteiger partial charge in [0.05, 0.1) is 5.70 Å². The Hall–Kier alpha value is -1.32. The van der Waals surface area contributed by atoms with Crippen LogP contribution in [0.2, 0.25) is 0 Å². The molecular weight excluding hydrogens is 348 g/mol. The zero-order chi connectivity index (χ0) is 20.5. The molecule has 4 aliphatic carbocycles. The highest BCUT2D eigenvalue weighted by molar-refractivity contribution is 5.96. The molecular formula is C24H38N2O2. The normalized spacial score (nSPS) is 43.2. The molecule has 3 fully saturated rings. The first-order valence-electron chi connectivity index (χ1n) is 11.3. The van der Waals surface area contributed by atoms with Gasteiger partial charge in [-0.1, -0.05) is 13.8 Å². The average Bonchev–Trinajstić information content (AvgIpc) is 2.94. The average molecular weight is 387 g/mol. The first kappa shape index (κ1) is 20.0. The molecule has 0 aromatic heterocycles. The van der Waals surface area contributed by atoms with Crippen LogP contribution in [-0.2, 0) is 9.59 Å². The second-order valence-electron chi connectivity index (χ2n) is 11.6. The monoisotopic (exact) mass is 386 g/mol. The minimum atomic E-state index is -0.174. The molecule has 156 valence electrons. The van der Waals surface area contributed by atoms with E-state index in [1.807, 2.05) is 0 Å². The molecule has 4 heteroatoms. The molecule has 0 saturated heterocycles. The summed E-state index contributed by atoms with van der Waals surface area (Å²) in [5.41, 5.74) is 8.14. The Morgan fingerprint density at radius 2 is 1.75 bits per heavy atom. The number of carbonyl (C=O) groups excluding carboxylic acids is 2. The van der Waals surface area contributed by atoms with Crippen LogP contribution in [0, 0.1) is 34.5 Å². The van der Waals surface area contributed by atoms with Crippen LogP contribution in [0.5, 0.6) is 0 Å². The first-order chi connectivity index (χ1) is 13.0. The lowest BCUT2D eigenvalue weighted by atomic mass is 9.46. The fourth-order valence-corrected chi connectivity index (χ4v) is 7.64. The van der Waals surface area contributed by atoms with Crippen LogP contribution < -0.4 is 11.1 Å². The quantitative estimate of drug-likeness (QED) is 0.704. The number of hydrogen-bond donors (Lipinski definition) is 2. The third-order valence-electron chi connectivity index (χ3n) is 8.98. The predicted octanol–water partition coefficient (Wildman–Crippen LogP) is 4.34. The van der Waals surface area contributed by atoms with Gasteiger partial charge in [-0.15, -0.1) is 0 Å². The topological polar surface area (TPSA) is 72.2 Å². The summed E-state index contributed by atoms with van der Waals surface area (Å²) in [4.78, 5) is 25.3. The summed E-state index contributed by atoms with van der Waals surface area (Å²) in [5.74, 6) is 2.46. The number of Topliss-reactive ketones (excluding diaryl/α,β-unsaturated/α-hetero) is 1. The van der Waals surface area contributed by atoms with E-state index in [1.54, 1.807) is 0 Å². The third-order valence-corrected chi connectivity index (χ3v) is 8.98. The van der Waals surface area contributed by atoms with Gasteiger partial charge in [0.1, 0.15) is 0 Å². The summed E-state index contributed by atoms with van der Waals surface area (Å²) in [5, 5.41) is 3.25. The van der Waals surface area contributed by atoms with Gasteiger partial charge in [0.2, 0.25) is 5.91 Å². The Morgan fingerprint density at radius 1 is 1.04 bits per heavy atom. The van der Waals surface area contributed by atoms with Crippen molar-refractivity contribution in [3.8, 4) is 0 Å². The molecule has 1 amide bonds. The Balaban J connectivity index is 1.61. The highest BCUT2D eigenvalue weighted by atomic mass is 16.2. The maximum Gasteiger partial charge on any atom is 0.224 e. The van der Waals surface area contributed by atoms with Crippen molar-refractivity contribution in [3.63, 3.8) is 0 Å². The lowest BCUT2D eigenvalue weighted by molar-refractivity contribution is -0.134. The molecule has 0 radical (unpaired) electrons. The lowest BCUT2D eigenvalue weighted by Crippen LogP contribution is -2.53. The van der Waals surface area contributed by atoms with Gasteiger partial charge in [-0.3, -0.25) is 9.59 Å². The maximum atomic E-state index is 13.1. The highest BCUT2D eigenvalue weighted by Gasteiger charge is 2.60. The number of allylic oxidation sites excluding steroid dienone is 1. The fraction of sp³-hybridized carbons (Fsp3) is 0.833. The van der Waals surface area contributed by atoms with E-state index < -0.39 is 0 Å². The molecule has 0 unspecified atom stereocenters. The van der Waals surface area contributed by atoms with Crippen LogP contribution in [0.25, 0.3) is 0 Å². The van der Waals surface area contributed by atoms with Crippen molar-refractivity contribution in [2.45, 2.75) is 91.5 Å². The van der Waals surface area contributed by atoms with Crippen molar-refractivity contribution < 1.29 is 9.59 Å². The van der Waals surface area contributed by atoms with E-state index in [0.29, 0.717) is 29.9 Å². The fourth-order valence-electron chi connectivity index (χ4n) is 7.64. The van der Waals surface area contributed by atoms with Gasteiger partial charge in [-0.05, 0) is 99.9 Å². The van der Waals surface area contributed by atoms with Crippen molar-refractivity contribution in [2.75, 3.05) is 0 Å². The van der Waals surface area contributed by atoms with E-state index >= 15 is 0 Å². The van der Waals surface area contributed by atoms with Crippen molar-refractivity contribution in [3.05, 3.63) is 11.3 Å². The molecule has 0 heterocycles. The third kappa shape index (κ3) is 2.85. The molecule has 28 heavy (non-hydrogen) atoms. The number of hydrogen-bond acceptors (Lipinski definition) is 3. The van der Waals surface area contributed by atoms with Crippen molar-refractivity contribution in [1.82, 2.24) is 5.32 Å². The van der Waals surface area contributed by atoms with Crippen LogP contribution in [0.15, 0.2) is 11.3 Å². The van der Waals surface area contributed by atoms with Gasteiger partial charge >= 0.3 is 0 Å². The maximum absolute atomic E-state index is 13.1. The summed E-state index contributed by atoms with van der Waals surface area (Å²) >= 11 is 0. The molecule has 3 N–H and O–H groups in total. The van der Waals surface area contributed by atoms with E-state index in [2.05, 4.69) is 39.9 Å². The van der Waals surface area contributed by atoms with Gasteiger partial charge in [-0.2, -0.15) is 0 Å². The summed E-state index contributed by atoms with van der Waals surface area (Å²) < 4.78 is 0. The van der Waals surface area contributed by atoms with E-state index in [1.165, 1.54) is 18.4 Å². The summed E-state index contributed by atoms with van der Waals surface area (Å²) in [7, 11) is 0. The van der Waals surface area contributed by atoms with Crippen LogP contribution in [0.4, 0.5) is 0 Å². The summed E-state index contributed by atoms with van der Waals surface area (Å²) in [6, 6.07) is 0. The number of nitrogens with one attached hydrogen (secondary N) is 1. The molecule has 4 aliphatic rings. The first-order valence-corrected chi connectivity index (χ1v) is 11.3. The zero-order valence-electron chi connectivity index (χ0n) is 18.4. The van der Waals surface area contributed by atoms with Crippen molar-refractivity contribution in [2.24, 2.45) is 40.2 Å². The zero-order valence-corrected chi connectivity index (χ0v) is 18.4. The van der Waals surface area contributed by atoms with Crippen molar-refractivity contribution in [1.29, 1.82) is 0 Å². The molecule has 0 aromatic rings. The van der Waals surface area contributed by atoms with Gasteiger partial charge in [0.25, 0.3) is 0 Å². The van der Waals surface area contributed by atoms with E-state index in [-0.39, 0.29) is 34.0 Å². The SMILES string of the molecule is CC(C)(C)NC(=O)[C@H]1CC[C@H]2[C@@H]3CCC4=C(N)C(=O)CC[C@]4(C)[C@H]3CC[C@]12C. The number of rotatable bonds is 1. The second-order valence-corrected chi connectivity index (χ2v) is 11.6. The minimum absolute atomic E-state index is 0.0913. The number of carbonyl (C=O) groups is 2. The molecule has 4 rings (SSSR count). The summed E-state index contributed by atoms with van der Waals surface area (Å²) in [6.45, 7) is 11.0. The molecule has 0 aliphatic heterocycles. The van der Waals surface area contributed by atoms with E-state index in [0.717, 1.165) is 32.1 Å². The summed E-state index contributed by atoms with van der Waals surface area (Å²) in [6.07, 6.45) is 8.15. The van der Waals surface area contributed by atoms with Crippen LogP contribution in [0.3, 0.4) is 0 Å². The second kappa shape index (κ2) is 6.34. The van der Waals surface area contributed by atoms with Gasteiger partial charge < -0.3 is 11.1 Å². The Bertz CT molecular complexity index is 733. The highest BCUT2D eigenvalue weighted by Crippen LogP contribution is 2.66. The Kier molecular flexibility index (Phi) is 4.52. The van der Waals surface area contributed by atoms with E-state index in [9.17, 15) is 9.59 Å². The minimum Gasteiger partial charge on any atom is -0.396 e. The van der Waals surface area contributed by atoms with Gasteiger partial charge in [-0.25, -0.2) is 0 Å². The van der Waals surface area contributed by atoms with Crippen LogP contribution >= 0.6 is 0 Å². The van der Waals surface area contributed by atoms with Crippen molar-refractivity contribution >= 4 is 11.7 Å². The molecule has 0 aromatic carbocycles. The molecule has 3 saturated carbocycles. The number of fused-ring (bicyclic) bond motifs is 5.